The van der Waals surface area contributed by atoms with E-state index in [9.17, 15) is 8.42 Å². The van der Waals surface area contributed by atoms with Crippen LogP contribution in [0.15, 0.2) is 21.6 Å². The lowest BCUT2D eigenvalue weighted by Gasteiger charge is -1.98. The van der Waals surface area contributed by atoms with E-state index in [0.717, 1.165) is 6.20 Å². The summed E-state index contributed by atoms with van der Waals surface area (Å²) in [6.45, 7) is 0. The van der Waals surface area contributed by atoms with Gasteiger partial charge in [-0.05, 0) is 22.0 Å². The zero-order chi connectivity index (χ0) is 9.35. The summed E-state index contributed by atoms with van der Waals surface area (Å²) >= 11 is 8.48. The monoisotopic (exact) mass is 289 g/mol. The molecule has 0 atom stereocenters. The molecule has 0 radical (unpaired) electrons. The zero-order valence-electron chi connectivity index (χ0n) is 5.46. The Kier molecular flexibility index (Phi) is 2.98. The quantitative estimate of drug-likeness (QED) is 0.589. The molecule has 7 heteroatoms. The molecule has 0 aliphatic heterocycles. The second kappa shape index (κ2) is 3.49. The van der Waals surface area contributed by atoms with Crippen molar-refractivity contribution in [2.24, 2.45) is 0 Å². The minimum absolute atomic E-state index is 0.0893. The fourth-order valence-electron chi connectivity index (χ4n) is 0.574. The van der Waals surface area contributed by atoms with Crippen LogP contribution < -0.4 is 0 Å². The highest BCUT2D eigenvalue weighted by molar-refractivity contribution is 9.10. The van der Waals surface area contributed by atoms with Crippen LogP contribution >= 0.6 is 38.2 Å². The van der Waals surface area contributed by atoms with Crippen molar-refractivity contribution in [1.82, 2.24) is 4.98 Å². The lowest BCUT2D eigenvalue weighted by atomic mass is 10.5. The molecule has 1 aromatic rings. The van der Waals surface area contributed by atoms with Crippen LogP contribution in [0, 0.1) is 0 Å². The number of hydrogen-bond donors (Lipinski definition) is 0. The summed E-state index contributed by atoms with van der Waals surface area (Å²) in [7, 11) is 1.33. The van der Waals surface area contributed by atoms with Crippen molar-refractivity contribution in [2.75, 3.05) is 0 Å². The number of nitrogens with zero attached hydrogens (tertiary/aromatic N) is 1. The van der Waals surface area contributed by atoms with Gasteiger partial charge in [0.15, 0.2) is 0 Å². The minimum atomic E-state index is -3.75. The van der Waals surface area contributed by atoms with Crippen molar-refractivity contribution in [1.29, 1.82) is 0 Å². The van der Waals surface area contributed by atoms with Crippen LogP contribution in [0.4, 0.5) is 0 Å². The average molecular weight is 291 g/mol. The Labute approximate surface area is 87.3 Å². The highest BCUT2D eigenvalue weighted by atomic mass is 79.9. The van der Waals surface area contributed by atoms with Gasteiger partial charge in [0.1, 0.15) is 10.0 Å². The van der Waals surface area contributed by atoms with Crippen LogP contribution in [0.3, 0.4) is 0 Å². The molecule has 0 unspecified atom stereocenters. The Morgan fingerprint density at radius 3 is 2.50 bits per heavy atom. The fraction of sp³-hybridized carbons (Fsp3) is 0. The lowest BCUT2D eigenvalue weighted by molar-refractivity contribution is 0.609. The molecule has 1 heterocycles. The molecular weight excluding hydrogens is 289 g/mol. The van der Waals surface area contributed by atoms with Crippen molar-refractivity contribution >= 4 is 47.3 Å². The largest absolute Gasteiger partial charge is 0.263 e. The van der Waals surface area contributed by atoms with Gasteiger partial charge in [0, 0.05) is 21.4 Å². The van der Waals surface area contributed by atoms with E-state index in [1.165, 1.54) is 6.07 Å². The maximum absolute atomic E-state index is 10.8. The van der Waals surface area contributed by atoms with Crippen molar-refractivity contribution in [3.8, 4) is 0 Å². The summed E-state index contributed by atoms with van der Waals surface area (Å²) in [5.74, 6) is 0. The third-order valence-corrected chi connectivity index (χ3v) is 3.52. The van der Waals surface area contributed by atoms with E-state index in [1.807, 2.05) is 0 Å². The first-order valence-electron chi connectivity index (χ1n) is 2.67. The number of hydrogen-bond acceptors (Lipinski definition) is 3. The molecule has 3 nitrogen and oxygen atoms in total. The Hall–Kier alpha value is 0.160. The van der Waals surface area contributed by atoms with Crippen LogP contribution in [-0.4, -0.2) is 13.4 Å². The van der Waals surface area contributed by atoms with E-state index < -0.39 is 9.05 Å². The van der Waals surface area contributed by atoms with Gasteiger partial charge in [-0.25, -0.2) is 13.4 Å². The molecule has 12 heavy (non-hydrogen) atoms. The van der Waals surface area contributed by atoms with Gasteiger partial charge in [-0.3, -0.25) is 0 Å². The maximum atomic E-state index is 10.8. The van der Waals surface area contributed by atoms with E-state index in [4.69, 9.17) is 22.3 Å². The predicted molar refractivity (Wildman–Crippen MR) is 50.0 cm³/mol. The van der Waals surface area contributed by atoms with Crippen molar-refractivity contribution in [3.63, 3.8) is 0 Å². The first-order chi connectivity index (χ1) is 5.41. The van der Waals surface area contributed by atoms with Crippen LogP contribution in [0.5, 0.6) is 0 Å². The predicted octanol–water partition coefficient (Wildman–Crippen LogP) is 2.42. The highest BCUT2D eigenvalue weighted by Crippen LogP contribution is 2.25. The number of halogens is 3. The summed E-state index contributed by atoms with van der Waals surface area (Å²) in [6.07, 6.45) is 1.09. The average Bonchev–Trinajstić information content (AvgIpc) is 1.83. The van der Waals surface area contributed by atoms with E-state index in [1.54, 1.807) is 0 Å². The summed E-state index contributed by atoms with van der Waals surface area (Å²) in [5.41, 5.74) is 0. The van der Waals surface area contributed by atoms with E-state index in [-0.39, 0.29) is 10.0 Å². The molecule has 0 amide bonds. The van der Waals surface area contributed by atoms with Crippen LogP contribution in [0.25, 0.3) is 0 Å². The summed E-state index contributed by atoms with van der Waals surface area (Å²) in [4.78, 5) is 3.49. The smallest absolute Gasteiger partial charge is 0.243 e. The Bertz CT molecular complexity index is 406. The second-order valence-electron chi connectivity index (χ2n) is 1.88. The van der Waals surface area contributed by atoms with E-state index >= 15 is 0 Å². The molecule has 1 rings (SSSR count). The third-order valence-electron chi connectivity index (χ3n) is 1.05. The van der Waals surface area contributed by atoms with Gasteiger partial charge >= 0.3 is 0 Å². The molecule has 1 aromatic heterocycles. The molecule has 0 aliphatic rings. The summed E-state index contributed by atoms with van der Waals surface area (Å²) in [6, 6.07) is 1.36. The minimum Gasteiger partial charge on any atom is -0.243 e. The molecule has 0 N–H and O–H groups in total. The van der Waals surface area contributed by atoms with Gasteiger partial charge in [0.05, 0.1) is 0 Å². The first-order valence-corrected chi connectivity index (χ1v) is 6.15. The normalized spacial score (nSPS) is 11.6. The maximum Gasteiger partial charge on any atom is 0.263 e. The van der Waals surface area contributed by atoms with E-state index in [2.05, 4.69) is 20.9 Å². The molecule has 0 fully saturated rings. The zero-order valence-corrected chi connectivity index (χ0v) is 9.37. The molecule has 0 saturated heterocycles. The lowest BCUT2D eigenvalue weighted by Crippen LogP contribution is -1.93. The number of aromatic nitrogens is 1. The molecule has 0 saturated carbocycles. The third kappa shape index (κ3) is 2.32. The molecule has 0 bridgehead atoms. The van der Waals surface area contributed by atoms with Gasteiger partial charge in [0.2, 0.25) is 0 Å². The van der Waals surface area contributed by atoms with E-state index in [0.29, 0.717) is 4.47 Å². The number of rotatable bonds is 1. The van der Waals surface area contributed by atoms with Crippen molar-refractivity contribution in [3.05, 3.63) is 21.9 Å². The van der Waals surface area contributed by atoms with Gasteiger partial charge in [-0.1, -0.05) is 11.6 Å². The molecule has 0 aromatic carbocycles. The summed E-state index contributed by atoms with van der Waals surface area (Å²) < 4.78 is 21.9. The Morgan fingerprint density at radius 2 is 2.08 bits per heavy atom. The first kappa shape index (κ1) is 10.2. The van der Waals surface area contributed by atoms with Gasteiger partial charge < -0.3 is 0 Å². The standard InChI is InChI=1S/C5H2BrCl2NO2S/c6-3-1-5(7)9-2-4(3)12(8,10)11/h1-2H. The molecular formula is C5H2BrCl2NO2S. The Morgan fingerprint density at radius 1 is 1.50 bits per heavy atom. The fourth-order valence-corrected chi connectivity index (χ4v) is 2.94. The topological polar surface area (TPSA) is 47.0 Å². The van der Waals surface area contributed by atoms with Gasteiger partial charge in [-0.15, -0.1) is 0 Å². The van der Waals surface area contributed by atoms with Crippen LogP contribution in [-0.2, 0) is 9.05 Å². The van der Waals surface area contributed by atoms with Crippen LogP contribution in [0.1, 0.15) is 0 Å². The van der Waals surface area contributed by atoms with Gasteiger partial charge in [0.25, 0.3) is 9.05 Å². The van der Waals surface area contributed by atoms with Crippen molar-refractivity contribution in [2.45, 2.75) is 4.90 Å². The Balaban J connectivity index is 3.39. The molecule has 0 spiro atoms. The molecule has 0 aliphatic carbocycles. The van der Waals surface area contributed by atoms with Crippen molar-refractivity contribution < 1.29 is 8.42 Å². The van der Waals surface area contributed by atoms with Crippen LogP contribution in [0.2, 0.25) is 5.15 Å². The highest BCUT2D eigenvalue weighted by Gasteiger charge is 2.14. The number of pyridine rings is 1. The molecule has 66 valence electrons. The van der Waals surface area contributed by atoms with Gasteiger partial charge in [-0.2, -0.15) is 0 Å². The SMILES string of the molecule is O=S(=O)(Cl)c1cnc(Cl)cc1Br. The second-order valence-corrected chi connectivity index (χ2v) is 5.65. The summed E-state index contributed by atoms with van der Waals surface area (Å²) in [5, 5.41) is 0.200.